The van der Waals surface area contributed by atoms with Crippen molar-refractivity contribution in [1.82, 2.24) is 15.4 Å². The summed E-state index contributed by atoms with van der Waals surface area (Å²) >= 11 is 0. The van der Waals surface area contributed by atoms with Crippen molar-refractivity contribution in [2.75, 3.05) is 23.9 Å². The largest absolute Gasteiger partial charge is 0.506 e. The number of hydrogen-bond acceptors (Lipinski definition) is 7. The Morgan fingerprint density at radius 1 is 1.44 bits per heavy atom. The van der Waals surface area contributed by atoms with Crippen molar-refractivity contribution in [3.8, 4) is 5.75 Å². The van der Waals surface area contributed by atoms with Crippen LogP contribution in [0.2, 0.25) is 0 Å². The lowest BCUT2D eigenvalue weighted by Crippen LogP contribution is -2.44. The molecule has 0 bridgehead atoms. The Morgan fingerprint density at radius 3 is 2.76 bits per heavy atom. The van der Waals surface area contributed by atoms with Gasteiger partial charge in [0.15, 0.2) is 11.8 Å². The molecule has 1 amide bonds. The van der Waals surface area contributed by atoms with Gasteiger partial charge in [-0.25, -0.2) is 17.8 Å². The molecule has 25 heavy (non-hydrogen) atoms. The summed E-state index contributed by atoms with van der Waals surface area (Å²) in [5, 5.41) is 15.6. The van der Waals surface area contributed by atoms with Crippen molar-refractivity contribution in [2.24, 2.45) is 4.99 Å². The van der Waals surface area contributed by atoms with Gasteiger partial charge in [0.1, 0.15) is 24.2 Å². The molecule has 0 aliphatic carbocycles. The standard InChI is InChI=1S/C13H15F2N5O4S/c14-8-4-17-13(18-5-8)16-3-7-1-9(15)12(10(21)2-7)20-6-11(22)19-25(20,23)24/h1-2,8,21H,3-6H2,(H,19,22)(H2,16,17,18). The average Bonchev–Trinajstić information content (AvgIpc) is 2.79. The fourth-order valence-electron chi connectivity index (χ4n) is 2.46. The number of phenols is 1. The van der Waals surface area contributed by atoms with Gasteiger partial charge >= 0.3 is 10.2 Å². The predicted molar refractivity (Wildman–Crippen MR) is 84.5 cm³/mol. The van der Waals surface area contributed by atoms with Gasteiger partial charge in [-0.1, -0.05) is 0 Å². The summed E-state index contributed by atoms with van der Waals surface area (Å²) in [6.45, 7) is -0.424. The van der Waals surface area contributed by atoms with E-state index in [1.165, 1.54) is 6.07 Å². The first kappa shape index (κ1) is 17.2. The first-order valence-corrected chi connectivity index (χ1v) is 8.71. The molecule has 2 aliphatic heterocycles. The van der Waals surface area contributed by atoms with E-state index in [4.69, 9.17) is 0 Å². The molecule has 3 rings (SSSR count). The third kappa shape index (κ3) is 3.57. The zero-order valence-electron chi connectivity index (χ0n) is 12.8. The molecule has 0 radical (unpaired) electrons. The van der Waals surface area contributed by atoms with Crippen LogP contribution in [0.1, 0.15) is 5.56 Å². The summed E-state index contributed by atoms with van der Waals surface area (Å²) < 4.78 is 53.0. The highest BCUT2D eigenvalue weighted by atomic mass is 32.2. The third-order valence-electron chi connectivity index (χ3n) is 3.57. The lowest BCUT2D eigenvalue weighted by atomic mass is 10.1. The number of nitrogens with zero attached hydrogens (tertiary/aromatic N) is 2. The highest BCUT2D eigenvalue weighted by Crippen LogP contribution is 2.34. The Kier molecular flexibility index (Phi) is 4.37. The molecule has 1 aromatic rings. The fourth-order valence-corrected chi connectivity index (χ4v) is 3.63. The Hall–Kier alpha value is -2.63. The normalized spacial score (nSPS) is 22.2. The highest BCUT2D eigenvalue weighted by Gasteiger charge is 2.37. The molecule has 1 fully saturated rings. The number of amides is 1. The molecule has 4 N–H and O–H groups in total. The summed E-state index contributed by atoms with van der Waals surface area (Å²) in [6.07, 6.45) is -1.06. The fraction of sp³-hybridized carbons (Fsp3) is 0.385. The van der Waals surface area contributed by atoms with Gasteiger partial charge in [0.2, 0.25) is 0 Å². The van der Waals surface area contributed by atoms with E-state index < -0.39 is 46.1 Å². The van der Waals surface area contributed by atoms with Crippen molar-refractivity contribution < 1.29 is 27.1 Å². The Bertz CT molecular complexity index is 822. The van der Waals surface area contributed by atoms with Gasteiger partial charge in [0, 0.05) is 6.54 Å². The van der Waals surface area contributed by atoms with Crippen LogP contribution in [-0.4, -0.2) is 51.2 Å². The molecule has 9 nitrogen and oxygen atoms in total. The second kappa shape index (κ2) is 6.35. The van der Waals surface area contributed by atoms with Gasteiger partial charge in [-0.3, -0.25) is 9.79 Å². The quantitative estimate of drug-likeness (QED) is 0.543. The number of aromatic hydroxyl groups is 1. The number of anilines is 1. The molecule has 0 saturated carbocycles. The molecule has 12 heteroatoms. The van der Waals surface area contributed by atoms with Crippen molar-refractivity contribution >= 4 is 27.8 Å². The maximum atomic E-state index is 14.3. The summed E-state index contributed by atoms with van der Waals surface area (Å²) in [6, 6.07) is 2.20. The third-order valence-corrected chi connectivity index (χ3v) is 4.95. The van der Waals surface area contributed by atoms with E-state index in [9.17, 15) is 27.1 Å². The molecule has 1 saturated heterocycles. The van der Waals surface area contributed by atoms with Crippen LogP contribution in [0.3, 0.4) is 0 Å². The van der Waals surface area contributed by atoms with E-state index in [0.717, 1.165) is 6.07 Å². The molecule has 0 aromatic heterocycles. The summed E-state index contributed by atoms with van der Waals surface area (Å²) in [7, 11) is -4.23. The number of aliphatic imine (C=N–C) groups is 1. The predicted octanol–water partition coefficient (Wildman–Crippen LogP) is -0.901. The number of carbonyl (C=O) groups excluding carboxylic acids is 1. The van der Waals surface area contributed by atoms with Crippen LogP contribution in [0.25, 0.3) is 0 Å². The van der Waals surface area contributed by atoms with Crippen molar-refractivity contribution in [3.05, 3.63) is 23.5 Å². The number of carbonyl (C=O) groups is 1. The summed E-state index contributed by atoms with van der Waals surface area (Å²) in [5.74, 6) is -2.11. The molecule has 0 spiro atoms. The molecule has 136 valence electrons. The molecule has 1 aromatic carbocycles. The zero-order valence-corrected chi connectivity index (χ0v) is 13.6. The van der Waals surface area contributed by atoms with Crippen molar-refractivity contribution in [1.29, 1.82) is 0 Å². The molecule has 2 heterocycles. The van der Waals surface area contributed by atoms with Crippen LogP contribution in [-0.2, 0) is 21.5 Å². The van der Waals surface area contributed by atoms with E-state index in [2.05, 4.69) is 15.6 Å². The lowest BCUT2D eigenvalue weighted by molar-refractivity contribution is -0.117. The highest BCUT2D eigenvalue weighted by molar-refractivity contribution is 7.92. The van der Waals surface area contributed by atoms with Crippen molar-refractivity contribution in [3.63, 3.8) is 0 Å². The average molecular weight is 375 g/mol. The first-order chi connectivity index (χ1) is 11.8. The second-order valence-electron chi connectivity index (χ2n) is 5.50. The van der Waals surface area contributed by atoms with Gasteiger partial charge < -0.3 is 15.7 Å². The van der Waals surface area contributed by atoms with Gasteiger partial charge in [-0.15, -0.1) is 0 Å². The number of nitrogens with one attached hydrogen (secondary N) is 3. The monoisotopic (exact) mass is 375 g/mol. The number of rotatable bonds is 3. The van der Waals surface area contributed by atoms with E-state index >= 15 is 0 Å². The van der Waals surface area contributed by atoms with Gasteiger partial charge in [0.25, 0.3) is 5.91 Å². The Morgan fingerprint density at radius 2 is 2.20 bits per heavy atom. The molecule has 2 aliphatic rings. The molecule has 1 unspecified atom stereocenters. The minimum Gasteiger partial charge on any atom is -0.506 e. The van der Waals surface area contributed by atoms with Gasteiger partial charge in [0.05, 0.1) is 13.1 Å². The van der Waals surface area contributed by atoms with Crippen LogP contribution in [0, 0.1) is 5.82 Å². The van der Waals surface area contributed by atoms with Crippen LogP contribution < -0.4 is 19.7 Å². The van der Waals surface area contributed by atoms with E-state index in [0.29, 0.717) is 15.8 Å². The Labute approximate surface area is 141 Å². The maximum absolute atomic E-state index is 14.3. The number of halogens is 2. The van der Waals surface area contributed by atoms with E-state index in [1.54, 1.807) is 4.72 Å². The topological polar surface area (TPSA) is 123 Å². The first-order valence-electron chi connectivity index (χ1n) is 7.27. The van der Waals surface area contributed by atoms with Crippen LogP contribution in [0.4, 0.5) is 14.5 Å². The zero-order chi connectivity index (χ0) is 18.2. The molecule has 1 atom stereocenters. The van der Waals surface area contributed by atoms with Crippen LogP contribution in [0.5, 0.6) is 5.75 Å². The number of alkyl halides is 1. The van der Waals surface area contributed by atoms with Crippen LogP contribution >= 0.6 is 0 Å². The summed E-state index contributed by atoms with van der Waals surface area (Å²) in [4.78, 5) is 15.1. The lowest BCUT2D eigenvalue weighted by Gasteiger charge is -2.20. The number of guanidine groups is 1. The van der Waals surface area contributed by atoms with E-state index in [1.807, 2.05) is 0 Å². The number of hydrogen-bond donors (Lipinski definition) is 4. The van der Waals surface area contributed by atoms with Crippen LogP contribution in [0.15, 0.2) is 17.1 Å². The second-order valence-corrected chi connectivity index (χ2v) is 7.10. The molecular formula is C13H15F2N5O4S. The number of benzene rings is 1. The summed E-state index contributed by atoms with van der Waals surface area (Å²) in [5.41, 5.74) is -0.294. The minimum atomic E-state index is -4.23. The SMILES string of the molecule is O=C1CN(c2c(O)cc(CNC3=NCC(F)CN3)cc2F)S(=O)(=O)N1. The van der Waals surface area contributed by atoms with Crippen molar-refractivity contribution in [2.45, 2.75) is 12.7 Å². The smallest absolute Gasteiger partial charge is 0.326 e. The van der Waals surface area contributed by atoms with E-state index in [-0.39, 0.29) is 19.6 Å². The van der Waals surface area contributed by atoms with Gasteiger partial charge in [-0.05, 0) is 17.7 Å². The maximum Gasteiger partial charge on any atom is 0.326 e. The Balaban J connectivity index is 1.78. The number of phenolic OH excluding ortho intramolecular Hbond substituents is 1. The minimum absolute atomic E-state index is 0.0156. The molecular weight excluding hydrogens is 360 g/mol. The van der Waals surface area contributed by atoms with Gasteiger partial charge in [-0.2, -0.15) is 8.42 Å².